The molecule has 25 heavy (non-hydrogen) atoms. The lowest BCUT2D eigenvalue weighted by molar-refractivity contribution is -0.148. The van der Waals surface area contributed by atoms with E-state index in [4.69, 9.17) is 27.9 Å². The van der Waals surface area contributed by atoms with Gasteiger partial charge in [0.1, 0.15) is 5.82 Å². The summed E-state index contributed by atoms with van der Waals surface area (Å²) < 4.78 is 18.0. The van der Waals surface area contributed by atoms with Crippen molar-refractivity contribution in [2.45, 2.75) is 13.0 Å². The van der Waals surface area contributed by atoms with Gasteiger partial charge in [0, 0.05) is 11.1 Å². The maximum Gasteiger partial charge on any atom is 0.331 e. The van der Waals surface area contributed by atoms with Gasteiger partial charge in [0.25, 0.3) is 5.91 Å². The van der Waals surface area contributed by atoms with Gasteiger partial charge < -0.3 is 10.1 Å². The van der Waals surface area contributed by atoms with Crippen LogP contribution in [0, 0.1) is 5.82 Å². The first-order valence-corrected chi connectivity index (χ1v) is 8.01. The molecule has 0 bridgehead atoms. The summed E-state index contributed by atoms with van der Waals surface area (Å²) in [5.41, 5.74) is 0.949. The molecule has 2 aromatic carbocycles. The fraction of sp³-hybridized carbons (Fsp3) is 0.111. The van der Waals surface area contributed by atoms with E-state index < -0.39 is 23.8 Å². The molecule has 0 saturated heterocycles. The molecule has 0 fully saturated rings. The summed E-state index contributed by atoms with van der Waals surface area (Å²) in [4.78, 5) is 23.8. The smallest absolute Gasteiger partial charge is 0.331 e. The second-order valence-corrected chi connectivity index (χ2v) is 5.92. The lowest BCUT2D eigenvalue weighted by atomic mass is 10.2. The number of carbonyl (C=O) groups is 2. The minimum absolute atomic E-state index is 0.0488. The van der Waals surface area contributed by atoms with Gasteiger partial charge in [-0.25, -0.2) is 9.18 Å². The van der Waals surface area contributed by atoms with Gasteiger partial charge in [-0.15, -0.1) is 0 Å². The molecule has 0 aliphatic carbocycles. The molecule has 1 amide bonds. The van der Waals surface area contributed by atoms with Crippen LogP contribution in [0.4, 0.5) is 10.1 Å². The molecule has 0 saturated carbocycles. The number of amides is 1. The van der Waals surface area contributed by atoms with Crippen LogP contribution in [0.15, 0.2) is 48.5 Å². The Morgan fingerprint density at radius 2 is 1.96 bits per heavy atom. The van der Waals surface area contributed by atoms with E-state index in [1.807, 2.05) is 0 Å². The molecule has 0 aliphatic rings. The van der Waals surface area contributed by atoms with E-state index in [1.165, 1.54) is 25.1 Å². The Balaban J connectivity index is 1.92. The Bertz CT molecular complexity index is 824. The van der Waals surface area contributed by atoms with Crippen molar-refractivity contribution in [3.63, 3.8) is 0 Å². The first-order valence-electron chi connectivity index (χ1n) is 7.25. The van der Waals surface area contributed by atoms with Crippen LogP contribution in [0.3, 0.4) is 0 Å². The van der Waals surface area contributed by atoms with Crippen molar-refractivity contribution in [1.82, 2.24) is 0 Å². The predicted octanol–water partition coefficient (Wildman–Crippen LogP) is 4.72. The number of anilines is 1. The molecule has 1 atom stereocenters. The molecule has 4 nitrogen and oxygen atoms in total. The highest BCUT2D eigenvalue weighted by Gasteiger charge is 2.17. The summed E-state index contributed by atoms with van der Waals surface area (Å²) in [6.07, 6.45) is 1.66. The number of hydrogen-bond acceptors (Lipinski definition) is 3. The van der Waals surface area contributed by atoms with Crippen molar-refractivity contribution in [3.8, 4) is 0 Å². The third-order valence-corrected chi connectivity index (χ3v) is 3.66. The van der Waals surface area contributed by atoms with Crippen LogP contribution in [0.25, 0.3) is 6.08 Å². The molecule has 0 aromatic heterocycles. The second kappa shape index (κ2) is 8.65. The van der Waals surface area contributed by atoms with Crippen molar-refractivity contribution >= 4 is 46.8 Å². The van der Waals surface area contributed by atoms with E-state index in [2.05, 4.69) is 5.32 Å². The van der Waals surface area contributed by atoms with Crippen molar-refractivity contribution in [3.05, 3.63) is 70.0 Å². The summed E-state index contributed by atoms with van der Waals surface area (Å²) >= 11 is 11.7. The normalized spacial score (nSPS) is 12.0. The van der Waals surface area contributed by atoms with Crippen LogP contribution in [0.1, 0.15) is 12.5 Å². The average Bonchev–Trinajstić information content (AvgIpc) is 2.55. The number of esters is 1. The van der Waals surface area contributed by atoms with Crippen LogP contribution >= 0.6 is 23.2 Å². The Hall–Kier alpha value is -2.37. The number of halogens is 3. The molecule has 2 rings (SSSR count). The van der Waals surface area contributed by atoms with Gasteiger partial charge in [-0.3, -0.25) is 4.79 Å². The van der Waals surface area contributed by atoms with Gasteiger partial charge in [0.05, 0.1) is 10.7 Å². The van der Waals surface area contributed by atoms with Crippen molar-refractivity contribution in [1.29, 1.82) is 0 Å². The topological polar surface area (TPSA) is 55.4 Å². The number of benzene rings is 2. The molecule has 1 N–H and O–H groups in total. The Morgan fingerprint density at radius 1 is 1.20 bits per heavy atom. The second-order valence-electron chi connectivity index (χ2n) is 5.08. The van der Waals surface area contributed by atoms with Crippen LogP contribution in [-0.2, 0) is 14.3 Å². The van der Waals surface area contributed by atoms with Crippen molar-refractivity contribution in [2.75, 3.05) is 5.32 Å². The first kappa shape index (κ1) is 19.0. The summed E-state index contributed by atoms with van der Waals surface area (Å²) in [7, 11) is 0. The van der Waals surface area contributed by atoms with Gasteiger partial charge in [0.15, 0.2) is 6.10 Å². The third kappa shape index (κ3) is 5.89. The van der Waals surface area contributed by atoms with Crippen LogP contribution in [0.2, 0.25) is 10.0 Å². The van der Waals surface area contributed by atoms with Gasteiger partial charge in [-0.2, -0.15) is 0 Å². The van der Waals surface area contributed by atoms with Crippen molar-refractivity contribution < 1.29 is 18.7 Å². The molecule has 0 aliphatic heterocycles. The quantitative estimate of drug-likeness (QED) is 0.602. The highest BCUT2D eigenvalue weighted by molar-refractivity contribution is 6.33. The molecule has 130 valence electrons. The zero-order valence-electron chi connectivity index (χ0n) is 13.1. The summed E-state index contributed by atoms with van der Waals surface area (Å²) in [5.74, 6) is -1.79. The van der Waals surface area contributed by atoms with Gasteiger partial charge in [0.2, 0.25) is 0 Å². The zero-order chi connectivity index (χ0) is 18.4. The highest BCUT2D eigenvalue weighted by Crippen LogP contribution is 2.22. The minimum Gasteiger partial charge on any atom is -0.449 e. The standard InChI is InChI=1S/C18H14Cl2FNO3/c1-11(18(24)22-16-7-6-14(21)10-15(16)20)25-17(23)8-5-12-3-2-4-13(19)9-12/h2-11H,1H3,(H,22,24)/b8-5+/t11-/m1/s1. The minimum atomic E-state index is -1.06. The largest absolute Gasteiger partial charge is 0.449 e. The monoisotopic (exact) mass is 381 g/mol. The fourth-order valence-corrected chi connectivity index (χ4v) is 2.28. The predicted molar refractivity (Wildman–Crippen MR) is 96.1 cm³/mol. The van der Waals surface area contributed by atoms with Gasteiger partial charge in [-0.05, 0) is 48.9 Å². The number of nitrogens with one attached hydrogen (secondary N) is 1. The average molecular weight is 382 g/mol. The van der Waals surface area contributed by atoms with E-state index >= 15 is 0 Å². The van der Waals surface area contributed by atoms with Gasteiger partial charge >= 0.3 is 5.97 Å². The summed E-state index contributed by atoms with van der Waals surface area (Å²) in [6, 6.07) is 10.5. The molecule has 2 aromatic rings. The highest BCUT2D eigenvalue weighted by atomic mass is 35.5. The Morgan fingerprint density at radius 3 is 2.64 bits per heavy atom. The van der Waals surface area contributed by atoms with Crippen LogP contribution < -0.4 is 5.32 Å². The van der Waals surface area contributed by atoms with Gasteiger partial charge in [-0.1, -0.05) is 35.3 Å². The number of carbonyl (C=O) groups excluding carboxylic acids is 2. The van der Waals surface area contributed by atoms with Crippen LogP contribution in [0.5, 0.6) is 0 Å². The lowest BCUT2D eigenvalue weighted by Gasteiger charge is -2.13. The van der Waals surface area contributed by atoms with Crippen LogP contribution in [-0.4, -0.2) is 18.0 Å². The number of rotatable bonds is 5. The summed E-state index contributed by atoms with van der Waals surface area (Å²) in [5, 5.41) is 3.06. The Labute approximate surface area is 154 Å². The zero-order valence-corrected chi connectivity index (χ0v) is 14.6. The van der Waals surface area contributed by atoms with E-state index in [0.29, 0.717) is 5.02 Å². The maximum atomic E-state index is 13.0. The summed E-state index contributed by atoms with van der Waals surface area (Å²) in [6.45, 7) is 1.41. The lowest BCUT2D eigenvalue weighted by Crippen LogP contribution is -2.29. The molecular formula is C18H14Cl2FNO3. The molecule has 0 unspecified atom stereocenters. The molecule has 0 heterocycles. The first-order chi connectivity index (χ1) is 11.8. The van der Waals surface area contributed by atoms with Crippen molar-refractivity contribution in [2.24, 2.45) is 0 Å². The van der Waals surface area contributed by atoms with E-state index in [0.717, 1.165) is 17.7 Å². The molecule has 0 radical (unpaired) electrons. The Kier molecular flexibility index (Phi) is 6.56. The van der Waals surface area contributed by atoms with E-state index in [1.54, 1.807) is 24.3 Å². The van der Waals surface area contributed by atoms with E-state index in [-0.39, 0.29) is 10.7 Å². The molecule has 0 spiro atoms. The fourth-order valence-electron chi connectivity index (χ4n) is 1.87. The maximum absolute atomic E-state index is 13.0. The molecule has 7 heteroatoms. The number of ether oxygens (including phenoxy) is 1. The number of hydrogen-bond donors (Lipinski definition) is 1. The third-order valence-electron chi connectivity index (χ3n) is 3.11. The molecular weight excluding hydrogens is 368 g/mol. The van der Waals surface area contributed by atoms with E-state index in [9.17, 15) is 14.0 Å². The SMILES string of the molecule is C[C@@H](OC(=O)/C=C/c1cccc(Cl)c1)C(=O)Nc1ccc(F)cc1Cl.